The minimum atomic E-state index is 0.0671. The predicted molar refractivity (Wildman–Crippen MR) is 126 cm³/mol. The molecule has 5 rings (SSSR count). The Morgan fingerprint density at radius 3 is 2.18 bits per heavy atom. The van der Waals surface area contributed by atoms with Gasteiger partial charge in [0.2, 0.25) is 11.7 Å². The Bertz CT molecular complexity index is 1210. The van der Waals surface area contributed by atoms with Crippen LogP contribution in [0.4, 0.5) is 0 Å². The highest BCUT2D eigenvalue weighted by Crippen LogP contribution is 2.30. The van der Waals surface area contributed by atoms with Crippen molar-refractivity contribution in [3.05, 3.63) is 90.3 Å². The van der Waals surface area contributed by atoms with Crippen LogP contribution in [-0.2, 0) is 0 Å². The molecule has 4 aromatic rings. The summed E-state index contributed by atoms with van der Waals surface area (Å²) in [4.78, 5) is 19.5. The van der Waals surface area contributed by atoms with Gasteiger partial charge in [-0.25, -0.2) is 0 Å². The summed E-state index contributed by atoms with van der Waals surface area (Å²) in [6, 6.07) is 25.6. The van der Waals surface area contributed by atoms with Crippen LogP contribution < -0.4 is 4.74 Å². The number of amides is 1. The van der Waals surface area contributed by atoms with Crippen molar-refractivity contribution in [1.82, 2.24) is 15.0 Å². The van der Waals surface area contributed by atoms with Crippen LogP contribution in [0, 0.1) is 0 Å². The highest BCUT2D eigenvalue weighted by molar-refractivity contribution is 5.94. The summed E-state index contributed by atoms with van der Waals surface area (Å²) in [6.45, 7) is 1.34. The van der Waals surface area contributed by atoms with Crippen LogP contribution in [0.15, 0.2) is 83.4 Å². The monoisotopic (exact) mass is 439 g/mol. The molecule has 1 aliphatic heterocycles. The lowest BCUT2D eigenvalue weighted by Gasteiger charge is -2.30. The van der Waals surface area contributed by atoms with E-state index in [2.05, 4.69) is 22.3 Å². The second kappa shape index (κ2) is 9.28. The predicted octanol–water partition coefficient (Wildman–Crippen LogP) is 5.43. The van der Waals surface area contributed by atoms with Gasteiger partial charge in [0.05, 0.1) is 7.11 Å². The first-order valence-electron chi connectivity index (χ1n) is 11.1. The molecule has 0 spiro atoms. The second-order valence-corrected chi connectivity index (χ2v) is 8.19. The van der Waals surface area contributed by atoms with Gasteiger partial charge in [0.25, 0.3) is 5.91 Å². The van der Waals surface area contributed by atoms with E-state index in [9.17, 15) is 4.79 Å². The van der Waals surface area contributed by atoms with Crippen LogP contribution in [0.2, 0.25) is 0 Å². The Morgan fingerprint density at radius 1 is 0.879 bits per heavy atom. The Balaban J connectivity index is 1.20. The van der Waals surface area contributed by atoms with Crippen molar-refractivity contribution < 1.29 is 14.1 Å². The van der Waals surface area contributed by atoms with Gasteiger partial charge in [-0.3, -0.25) is 4.79 Å². The van der Waals surface area contributed by atoms with Gasteiger partial charge < -0.3 is 14.2 Å². The summed E-state index contributed by atoms with van der Waals surface area (Å²) in [5.41, 5.74) is 3.85. The van der Waals surface area contributed by atoms with Crippen LogP contribution in [0.5, 0.6) is 5.75 Å². The highest BCUT2D eigenvalue weighted by Gasteiger charge is 2.28. The number of aromatic nitrogens is 2. The van der Waals surface area contributed by atoms with Crippen molar-refractivity contribution in [3.8, 4) is 28.3 Å². The third-order valence-electron chi connectivity index (χ3n) is 6.16. The molecule has 166 valence electrons. The van der Waals surface area contributed by atoms with Gasteiger partial charge in [-0.05, 0) is 60.4 Å². The van der Waals surface area contributed by atoms with E-state index in [4.69, 9.17) is 9.26 Å². The molecule has 2 heterocycles. The molecule has 0 radical (unpaired) electrons. The smallest absolute Gasteiger partial charge is 0.253 e. The largest absolute Gasteiger partial charge is 0.497 e. The molecular formula is C27H25N3O3. The maximum Gasteiger partial charge on any atom is 0.253 e. The molecule has 1 fully saturated rings. The number of carbonyl (C=O) groups excluding carboxylic acids is 1. The molecule has 1 aliphatic rings. The fourth-order valence-electron chi connectivity index (χ4n) is 4.21. The molecule has 0 unspecified atom stereocenters. The fourth-order valence-corrected chi connectivity index (χ4v) is 4.21. The molecule has 0 saturated carbocycles. The Kier molecular flexibility index (Phi) is 5.89. The minimum absolute atomic E-state index is 0.0671. The highest BCUT2D eigenvalue weighted by atomic mass is 16.5. The molecule has 1 amide bonds. The standard InChI is InChI=1S/C27H25N3O3/c1-32-24-13-11-21(12-14-24)25-28-26(33-29-25)22-15-17-30(18-16-22)27(31)23-9-7-20(8-10-23)19-5-3-2-4-6-19/h2-14,22H,15-18H2,1H3. The number of methoxy groups -OCH3 is 1. The molecule has 0 N–H and O–H groups in total. The number of hydrogen-bond donors (Lipinski definition) is 0. The molecule has 0 atom stereocenters. The number of rotatable bonds is 5. The van der Waals surface area contributed by atoms with Crippen molar-refractivity contribution in [2.75, 3.05) is 20.2 Å². The normalized spacial score (nSPS) is 14.3. The summed E-state index contributed by atoms with van der Waals surface area (Å²) < 4.78 is 10.8. The van der Waals surface area contributed by atoms with Crippen LogP contribution in [0.3, 0.4) is 0 Å². The molecule has 3 aromatic carbocycles. The molecule has 1 aromatic heterocycles. The third-order valence-corrected chi connectivity index (χ3v) is 6.16. The molecule has 0 bridgehead atoms. The zero-order valence-corrected chi connectivity index (χ0v) is 18.5. The second-order valence-electron chi connectivity index (χ2n) is 8.19. The lowest BCUT2D eigenvalue weighted by atomic mass is 9.96. The minimum Gasteiger partial charge on any atom is -0.497 e. The quantitative estimate of drug-likeness (QED) is 0.415. The van der Waals surface area contributed by atoms with Crippen molar-refractivity contribution in [2.45, 2.75) is 18.8 Å². The van der Waals surface area contributed by atoms with Gasteiger partial charge >= 0.3 is 0 Å². The van der Waals surface area contributed by atoms with Crippen molar-refractivity contribution >= 4 is 5.91 Å². The summed E-state index contributed by atoms with van der Waals surface area (Å²) in [6.07, 6.45) is 1.61. The number of likely N-dealkylation sites (tertiary alicyclic amines) is 1. The number of nitrogens with zero attached hydrogens (tertiary/aromatic N) is 3. The molecule has 33 heavy (non-hydrogen) atoms. The van der Waals surface area contributed by atoms with Gasteiger partial charge in [-0.2, -0.15) is 4.98 Å². The van der Waals surface area contributed by atoms with Gasteiger partial charge in [0.1, 0.15) is 5.75 Å². The van der Waals surface area contributed by atoms with Gasteiger partial charge in [0.15, 0.2) is 0 Å². The van der Waals surface area contributed by atoms with Gasteiger partial charge in [-0.1, -0.05) is 47.6 Å². The van der Waals surface area contributed by atoms with E-state index in [0.717, 1.165) is 35.3 Å². The molecule has 6 nitrogen and oxygen atoms in total. The fraction of sp³-hybridized carbons (Fsp3) is 0.222. The van der Waals surface area contributed by atoms with E-state index < -0.39 is 0 Å². The van der Waals surface area contributed by atoms with E-state index >= 15 is 0 Å². The van der Waals surface area contributed by atoms with Crippen molar-refractivity contribution in [1.29, 1.82) is 0 Å². The topological polar surface area (TPSA) is 68.5 Å². The summed E-state index contributed by atoms with van der Waals surface area (Å²) in [7, 11) is 1.64. The first-order chi connectivity index (χ1) is 16.2. The zero-order valence-electron chi connectivity index (χ0n) is 18.5. The Hall–Kier alpha value is -3.93. The van der Waals surface area contributed by atoms with Crippen molar-refractivity contribution in [2.24, 2.45) is 0 Å². The van der Waals surface area contributed by atoms with Crippen molar-refractivity contribution in [3.63, 3.8) is 0 Å². The maximum atomic E-state index is 13.0. The van der Waals surface area contributed by atoms with E-state index in [-0.39, 0.29) is 11.8 Å². The zero-order chi connectivity index (χ0) is 22.6. The lowest BCUT2D eigenvalue weighted by Crippen LogP contribution is -2.38. The van der Waals surface area contributed by atoms with E-state index in [1.807, 2.05) is 71.6 Å². The van der Waals surface area contributed by atoms with E-state index in [1.54, 1.807) is 7.11 Å². The number of ether oxygens (including phenoxy) is 1. The first-order valence-corrected chi connectivity index (χ1v) is 11.1. The summed E-state index contributed by atoms with van der Waals surface area (Å²) in [5, 5.41) is 4.14. The summed E-state index contributed by atoms with van der Waals surface area (Å²) >= 11 is 0. The first kappa shape index (κ1) is 20.9. The van der Waals surface area contributed by atoms with Crippen LogP contribution >= 0.6 is 0 Å². The number of hydrogen-bond acceptors (Lipinski definition) is 5. The average Bonchev–Trinajstić information content (AvgIpc) is 3.39. The number of benzene rings is 3. The Labute approximate surface area is 192 Å². The third kappa shape index (κ3) is 4.51. The molecule has 1 saturated heterocycles. The number of piperidine rings is 1. The van der Waals surface area contributed by atoms with Crippen LogP contribution in [0.1, 0.15) is 35.0 Å². The molecular weight excluding hydrogens is 414 g/mol. The maximum absolute atomic E-state index is 13.0. The SMILES string of the molecule is COc1ccc(-c2noc(C3CCN(C(=O)c4ccc(-c5ccccc5)cc4)CC3)n2)cc1. The Morgan fingerprint density at radius 2 is 1.52 bits per heavy atom. The molecule has 0 aliphatic carbocycles. The van der Waals surface area contributed by atoms with Crippen LogP contribution in [0.25, 0.3) is 22.5 Å². The molecule has 6 heteroatoms. The van der Waals surface area contributed by atoms with Crippen LogP contribution in [-0.4, -0.2) is 41.1 Å². The number of carbonyl (C=O) groups is 1. The van der Waals surface area contributed by atoms with Gasteiger partial charge in [0, 0.05) is 30.1 Å². The average molecular weight is 440 g/mol. The van der Waals surface area contributed by atoms with E-state index in [1.165, 1.54) is 0 Å². The summed E-state index contributed by atoms with van der Waals surface area (Å²) in [5.74, 6) is 2.23. The van der Waals surface area contributed by atoms with E-state index in [0.29, 0.717) is 30.4 Å². The lowest BCUT2D eigenvalue weighted by molar-refractivity contribution is 0.0704. The van der Waals surface area contributed by atoms with Gasteiger partial charge in [-0.15, -0.1) is 0 Å².